The van der Waals surface area contributed by atoms with Gasteiger partial charge in [0.1, 0.15) is 15.1 Å². The van der Waals surface area contributed by atoms with E-state index in [9.17, 15) is 15.0 Å². The summed E-state index contributed by atoms with van der Waals surface area (Å²) in [6, 6.07) is 34.1. The molecule has 1 atom stereocenters. The summed E-state index contributed by atoms with van der Waals surface area (Å²) in [5.74, 6) is 1.43. The molecule has 1 aromatic heterocycles. The monoisotopic (exact) mass is 699 g/mol. The van der Waals surface area contributed by atoms with Gasteiger partial charge in [-0.15, -0.1) is 0 Å². The lowest BCUT2D eigenvalue weighted by Gasteiger charge is -2.22. The second-order valence-electron chi connectivity index (χ2n) is 11.6. The van der Waals surface area contributed by atoms with Crippen molar-refractivity contribution in [2.45, 2.75) is 54.5 Å². The second-order valence-corrected chi connectivity index (χ2v) is 13.4. The molecule has 0 amide bonds. The van der Waals surface area contributed by atoms with Crippen molar-refractivity contribution in [2.24, 2.45) is 0 Å². The van der Waals surface area contributed by atoms with Crippen LogP contribution in [0.2, 0.25) is 0 Å². The number of alkyl halides is 1. The number of aromatic nitrogens is 1. The SMILES string of the molecule is Cc1noc(-c2ccc(-c3ccc(C4(CC(=O)O)CC4)cc3)cc2)c1C(O)(I)CCCc1ccc(Oc2ccccc2)cc1. The van der Waals surface area contributed by atoms with Gasteiger partial charge in [0, 0.05) is 11.0 Å². The Hall–Kier alpha value is -3.95. The van der Waals surface area contributed by atoms with Crippen LogP contribution in [-0.2, 0) is 20.2 Å². The van der Waals surface area contributed by atoms with Gasteiger partial charge in [-0.2, -0.15) is 0 Å². The van der Waals surface area contributed by atoms with Gasteiger partial charge in [-0.1, -0.05) is 84.0 Å². The molecule has 7 heteroatoms. The molecule has 1 aliphatic rings. The molecule has 1 saturated carbocycles. The molecule has 0 saturated heterocycles. The molecule has 44 heavy (non-hydrogen) atoms. The molecule has 0 bridgehead atoms. The number of rotatable bonds is 12. The predicted molar refractivity (Wildman–Crippen MR) is 179 cm³/mol. The highest BCUT2D eigenvalue weighted by Crippen LogP contribution is 2.51. The Morgan fingerprint density at radius 1 is 0.886 bits per heavy atom. The van der Waals surface area contributed by atoms with Gasteiger partial charge < -0.3 is 19.5 Å². The smallest absolute Gasteiger partial charge is 0.304 e. The molecule has 2 N–H and O–H groups in total. The van der Waals surface area contributed by atoms with Crippen molar-refractivity contribution in [2.75, 3.05) is 0 Å². The van der Waals surface area contributed by atoms with Crippen molar-refractivity contribution in [3.63, 3.8) is 0 Å². The van der Waals surface area contributed by atoms with E-state index in [-0.39, 0.29) is 11.8 Å². The summed E-state index contributed by atoms with van der Waals surface area (Å²) >= 11 is 2.11. The van der Waals surface area contributed by atoms with Gasteiger partial charge in [-0.05, 0) is 108 Å². The highest BCUT2D eigenvalue weighted by atomic mass is 127. The molecule has 0 radical (unpaired) electrons. The van der Waals surface area contributed by atoms with Crippen molar-refractivity contribution in [1.82, 2.24) is 5.16 Å². The lowest BCUT2D eigenvalue weighted by atomic mass is 9.90. The minimum atomic E-state index is -1.14. The van der Waals surface area contributed by atoms with Crippen molar-refractivity contribution in [3.8, 4) is 33.9 Å². The number of hydrogen-bond acceptors (Lipinski definition) is 5. The van der Waals surface area contributed by atoms with E-state index in [4.69, 9.17) is 9.26 Å². The van der Waals surface area contributed by atoms with E-state index >= 15 is 0 Å². The zero-order chi connectivity index (χ0) is 30.7. The number of carboxylic acid groups (broad SMARTS) is 1. The van der Waals surface area contributed by atoms with E-state index in [0.717, 1.165) is 59.4 Å². The highest BCUT2D eigenvalue weighted by Gasteiger charge is 2.45. The molecular formula is C37H34INO5. The Kier molecular flexibility index (Phi) is 8.60. The van der Waals surface area contributed by atoms with Crippen molar-refractivity contribution in [1.29, 1.82) is 0 Å². The van der Waals surface area contributed by atoms with Crippen LogP contribution >= 0.6 is 22.6 Å². The summed E-state index contributed by atoms with van der Waals surface area (Å²) in [7, 11) is 0. The van der Waals surface area contributed by atoms with E-state index < -0.39 is 9.58 Å². The van der Waals surface area contributed by atoms with Crippen LogP contribution < -0.4 is 4.74 Å². The number of carbonyl (C=O) groups is 1. The summed E-state index contributed by atoms with van der Waals surface area (Å²) < 4.78 is 10.5. The Balaban J connectivity index is 1.10. The van der Waals surface area contributed by atoms with E-state index in [1.54, 1.807) is 0 Å². The highest BCUT2D eigenvalue weighted by molar-refractivity contribution is 14.1. The zero-order valence-corrected chi connectivity index (χ0v) is 26.7. The first-order valence-corrected chi connectivity index (χ1v) is 15.9. The molecule has 1 unspecified atom stereocenters. The molecular weight excluding hydrogens is 665 g/mol. The maximum Gasteiger partial charge on any atom is 0.304 e. The molecule has 0 spiro atoms. The third kappa shape index (κ3) is 6.74. The number of aliphatic carboxylic acids is 1. The van der Waals surface area contributed by atoms with E-state index in [1.807, 2.05) is 73.7 Å². The number of aliphatic hydroxyl groups is 1. The van der Waals surface area contributed by atoms with Gasteiger partial charge >= 0.3 is 5.97 Å². The van der Waals surface area contributed by atoms with Crippen LogP contribution in [0.3, 0.4) is 0 Å². The van der Waals surface area contributed by atoms with Crippen molar-refractivity contribution < 1.29 is 24.3 Å². The zero-order valence-electron chi connectivity index (χ0n) is 24.5. The van der Waals surface area contributed by atoms with E-state index in [2.05, 4.69) is 64.1 Å². The maximum atomic E-state index is 11.6. The average Bonchev–Trinajstić information content (AvgIpc) is 3.69. The fraction of sp³-hybridized carbons (Fsp3) is 0.243. The van der Waals surface area contributed by atoms with Gasteiger partial charge in [-0.25, -0.2) is 0 Å². The van der Waals surface area contributed by atoms with Crippen LogP contribution in [0.5, 0.6) is 11.5 Å². The lowest BCUT2D eigenvalue weighted by Crippen LogP contribution is -2.18. The van der Waals surface area contributed by atoms with E-state index in [0.29, 0.717) is 23.4 Å². The molecule has 224 valence electrons. The van der Waals surface area contributed by atoms with Crippen LogP contribution in [-0.4, -0.2) is 21.3 Å². The van der Waals surface area contributed by atoms with Crippen LogP contribution in [0.4, 0.5) is 0 Å². The minimum Gasteiger partial charge on any atom is -0.481 e. The topological polar surface area (TPSA) is 92.8 Å². The summed E-state index contributed by atoms with van der Waals surface area (Å²) in [4.78, 5) is 11.3. The van der Waals surface area contributed by atoms with Gasteiger partial charge in [0.05, 0.1) is 17.7 Å². The van der Waals surface area contributed by atoms with Gasteiger partial charge in [0.2, 0.25) is 0 Å². The normalized spacial score (nSPS) is 15.0. The molecule has 5 aromatic rings. The largest absolute Gasteiger partial charge is 0.481 e. The number of hydrogen-bond donors (Lipinski definition) is 2. The predicted octanol–water partition coefficient (Wildman–Crippen LogP) is 9.22. The summed E-state index contributed by atoms with van der Waals surface area (Å²) in [5, 5.41) is 25.1. The summed E-state index contributed by atoms with van der Waals surface area (Å²) in [5.41, 5.74) is 6.41. The standard InChI is InChI=1S/C37H34INO5/c1-25-34(37(38,42)21-5-6-26-9-19-32(20-10-26)43-31-7-3-2-4-8-31)35(44-39-25)29-13-11-27(12-14-29)28-15-17-30(18-16-28)36(22-23-36)24-33(40)41/h2-4,7-20,42H,5-6,21-24H2,1H3,(H,40,41). The molecule has 6 nitrogen and oxygen atoms in total. The Morgan fingerprint density at radius 3 is 2.09 bits per heavy atom. The third-order valence-electron chi connectivity index (χ3n) is 8.44. The fourth-order valence-electron chi connectivity index (χ4n) is 5.86. The van der Waals surface area contributed by atoms with Crippen LogP contribution in [0, 0.1) is 6.92 Å². The molecule has 1 aliphatic carbocycles. The quantitative estimate of drug-likeness (QED) is 0.0997. The lowest BCUT2D eigenvalue weighted by molar-refractivity contribution is -0.137. The van der Waals surface area contributed by atoms with Crippen LogP contribution in [0.15, 0.2) is 108 Å². The number of nitrogens with zero attached hydrogens (tertiary/aromatic N) is 1. The second kappa shape index (κ2) is 12.6. The van der Waals surface area contributed by atoms with Crippen LogP contribution in [0.25, 0.3) is 22.5 Å². The van der Waals surface area contributed by atoms with Gasteiger partial charge in [0.15, 0.2) is 5.76 Å². The Bertz CT molecular complexity index is 1720. The molecule has 4 aromatic carbocycles. The number of aryl methyl sites for hydroxylation is 2. The minimum absolute atomic E-state index is 0.181. The summed E-state index contributed by atoms with van der Waals surface area (Å²) in [6.45, 7) is 1.87. The molecule has 1 fully saturated rings. The Labute approximate surface area is 270 Å². The van der Waals surface area contributed by atoms with Crippen molar-refractivity contribution >= 4 is 28.6 Å². The number of para-hydroxylation sites is 1. The number of carboxylic acids is 1. The number of benzene rings is 4. The first-order chi connectivity index (χ1) is 21.2. The summed E-state index contributed by atoms with van der Waals surface area (Å²) in [6.07, 6.45) is 4.17. The molecule has 0 aliphatic heterocycles. The van der Waals surface area contributed by atoms with Crippen molar-refractivity contribution in [3.05, 3.63) is 126 Å². The Morgan fingerprint density at radius 2 is 1.48 bits per heavy atom. The van der Waals surface area contributed by atoms with Gasteiger partial charge in [-0.3, -0.25) is 4.79 Å². The fourth-order valence-corrected chi connectivity index (χ4v) is 6.87. The van der Waals surface area contributed by atoms with Gasteiger partial charge in [0.25, 0.3) is 0 Å². The number of ether oxygens (including phenoxy) is 1. The number of halogens is 1. The first kappa shape index (κ1) is 30.1. The van der Waals surface area contributed by atoms with E-state index in [1.165, 1.54) is 5.56 Å². The van der Waals surface area contributed by atoms with Crippen LogP contribution in [0.1, 0.15) is 54.5 Å². The first-order valence-electron chi connectivity index (χ1n) is 14.9. The maximum absolute atomic E-state index is 11.6. The molecule has 1 heterocycles. The third-order valence-corrected chi connectivity index (χ3v) is 9.52. The average molecular weight is 700 g/mol. The molecule has 6 rings (SSSR count).